The van der Waals surface area contributed by atoms with Crippen molar-refractivity contribution < 1.29 is 4.79 Å². The predicted octanol–water partition coefficient (Wildman–Crippen LogP) is 1.49. The van der Waals surface area contributed by atoms with Gasteiger partial charge in [-0.25, -0.2) is 16.5 Å². The van der Waals surface area contributed by atoms with Crippen LogP contribution in [0, 0.1) is 5.92 Å². The van der Waals surface area contributed by atoms with E-state index in [1.807, 2.05) is 0 Å². The highest BCUT2D eigenvalue weighted by Crippen LogP contribution is 2.30. The molecule has 5 nitrogen and oxygen atoms in total. The lowest BCUT2D eigenvalue weighted by molar-refractivity contribution is 0.115. The molecule has 1 fully saturated rings. The Kier molecular flexibility index (Phi) is 5.55. The number of amides is 2. The van der Waals surface area contributed by atoms with Gasteiger partial charge >= 0.3 is 6.03 Å². The molecular formula is C11H24N4O. The molecule has 1 saturated carbocycles. The number of hydrogen-bond acceptors (Lipinski definition) is 3. The second kappa shape index (κ2) is 6.70. The Bertz CT molecular complexity index is 222. The minimum atomic E-state index is -0.381. The Hall–Kier alpha value is -0.810. The first-order valence-electron chi connectivity index (χ1n) is 6.25. The monoisotopic (exact) mass is 228 g/mol. The van der Waals surface area contributed by atoms with Crippen LogP contribution < -0.4 is 17.1 Å². The maximum atomic E-state index is 11.4. The third kappa shape index (κ3) is 3.35. The summed E-state index contributed by atoms with van der Waals surface area (Å²) in [6.45, 7) is 2.19. The van der Waals surface area contributed by atoms with E-state index in [0.717, 1.165) is 19.3 Å². The lowest BCUT2D eigenvalue weighted by Gasteiger charge is -2.37. The fourth-order valence-corrected chi connectivity index (χ4v) is 2.58. The number of carbonyl (C=O) groups is 1. The molecule has 0 heterocycles. The molecule has 0 spiro atoms. The van der Waals surface area contributed by atoms with Crippen molar-refractivity contribution in [1.82, 2.24) is 10.4 Å². The van der Waals surface area contributed by atoms with E-state index in [2.05, 4.69) is 12.3 Å². The van der Waals surface area contributed by atoms with Gasteiger partial charge in [0.25, 0.3) is 0 Å². The van der Waals surface area contributed by atoms with E-state index in [4.69, 9.17) is 11.7 Å². The molecule has 0 aliphatic heterocycles. The van der Waals surface area contributed by atoms with Crippen LogP contribution in [0.25, 0.3) is 0 Å². The minimum Gasteiger partial charge on any atom is -0.275 e. The number of urea groups is 1. The summed E-state index contributed by atoms with van der Waals surface area (Å²) >= 11 is 0. The van der Waals surface area contributed by atoms with Gasteiger partial charge in [0.05, 0.1) is 6.04 Å². The van der Waals surface area contributed by atoms with Gasteiger partial charge in [-0.1, -0.05) is 32.6 Å². The number of nitrogens with two attached hydrogens (primary N) is 2. The van der Waals surface area contributed by atoms with Gasteiger partial charge in [0, 0.05) is 0 Å². The molecule has 94 valence electrons. The lowest BCUT2D eigenvalue weighted by atomic mass is 9.81. The Labute approximate surface area is 97.5 Å². The molecule has 2 unspecified atom stereocenters. The minimum absolute atomic E-state index is 0.156. The lowest BCUT2D eigenvalue weighted by Crippen LogP contribution is -2.55. The average molecular weight is 228 g/mol. The van der Waals surface area contributed by atoms with Crippen molar-refractivity contribution in [2.45, 2.75) is 57.9 Å². The topological polar surface area (TPSA) is 84.4 Å². The predicted molar refractivity (Wildman–Crippen MR) is 64.0 cm³/mol. The number of nitrogens with zero attached hydrogens (tertiary/aromatic N) is 1. The van der Waals surface area contributed by atoms with Crippen LogP contribution in [0.15, 0.2) is 0 Å². The molecule has 1 rings (SSSR count). The van der Waals surface area contributed by atoms with Crippen LogP contribution in [0.5, 0.6) is 0 Å². The normalized spacial score (nSPS) is 25.2. The fraction of sp³-hybridized carbons (Fsp3) is 0.909. The van der Waals surface area contributed by atoms with Crippen LogP contribution >= 0.6 is 0 Å². The van der Waals surface area contributed by atoms with Crippen LogP contribution in [-0.2, 0) is 0 Å². The highest BCUT2D eigenvalue weighted by molar-refractivity contribution is 5.73. The summed E-state index contributed by atoms with van der Waals surface area (Å²) < 4.78 is 0. The van der Waals surface area contributed by atoms with E-state index < -0.39 is 0 Å². The van der Waals surface area contributed by atoms with Crippen molar-refractivity contribution in [3.8, 4) is 0 Å². The smallest absolute Gasteiger partial charge is 0.275 e. The maximum absolute atomic E-state index is 11.4. The number of carbonyl (C=O) groups excluding carboxylic acids is 1. The van der Waals surface area contributed by atoms with Crippen molar-refractivity contribution in [2.24, 2.45) is 17.6 Å². The molecule has 0 radical (unpaired) electrons. The van der Waals surface area contributed by atoms with Gasteiger partial charge in [0.1, 0.15) is 0 Å². The van der Waals surface area contributed by atoms with Gasteiger partial charge in [0.15, 0.2) is 0 Å². The van der Waals surface area contributed by atoms with E-state index in [9.17, 15) is 4.79 Å². The second-order valence-corrected chi connectivity index (χ2v) is 4.61. The molecule has 1 aliphatic rings. The molecule has 0 aromatic heterocycles. The number of unbranched alkanes of at least 4 members (excludes halogenated alkanes) is 1. The largest absolute Gasteiger partial charge is 0.345 e. The first-order valence-corrected chi connectivity index (χ1v) is 6.25. The molecule has 0 aromatic rings. The van der Waals surface area contributed by atoms with E-state index >= 15 is 0 Å². The summed E-state index contributed by atoms with van der Waals surface area (Å²) in [4.78, 5) is 11.4. The molecule has 0 saturated heterocycles. The summed E-state index contributed by atoms with van der Waals surface area (Å²) in [7, 11) is 0. The van der Waals surface area contributed by atoms with Crippen molar-refractivity contribution in [1.29, 1.82) is 0 Å². The zero-order valence-electron chi connectivity index (χ0n) is 10.1. The average Bonchev–Trinajstić information content (AvgIpc) is 2.34. The SMILES string of the molecule is CCCCC1CCCCC1N(N)C(=O)NN. The molecule has 0 aromatic carbocycles. The van der Waals surface area contributed by atoms with Crippen molar-refractivity contribution in [3.05, 3.63) is 0 Å². The molecule has 16 heavy (non-hydrogen) atoms. The highest BCUT2D eigenvalue weighted by Gasteiger charge is 2.30. The molecule has 0 bridgehead atoms. The summed E-state index contributed by atoms with van der Waals surface area (Å²) in [5.41, 5.74) is 2.10. The van der Waals surface area contributed by atoms with E-state index in [-0.39, 0.29) is 12.1 Å². The summed E-state index contributed by atoms with van der Waals surface area (Å²) in [5.74, 6) is 11.4. The van der Waals surface area contributed by atoms with Gasteiger partial charge < -0.3 is 0 Å². The fourth-order valence-electron chi connectivity index (χ4n) is 2.58. The highest BCUT2D eigenvalue weighted by atomic mass is 16.2. The maximum Gasteiger partial charge on any atom is 0.345 e. The molecule has 1 aliphatic carbocycles. The third-order valence-corrected chi connectivity index (χ3v) is 3.51. The standard InChI is InChI=1S/C11H24N4O/c1-2-3-6-9-7-4-5-8-10(9)15(13)11(16)14-12/h9-10H,2-8,12-13H2,1H3,(H,14,16). The summed E-state index contributed by atoms with van der Waals surface area (Å²) in [6.07, 6.45) is 8.14. The molecule has 5 heteroatoms. The zero-order valence-corrected chi connectivity index (χ0v) is 10.1. The Morgan fingerprint density at radius 1 is 1.44 bits per heavy atom. The van der Waals surface area contributed by atoms with Crippen LogP contribution in [-0.4, -0.2) is 17.1 Å². The Balaban J connectivity index is 2.54. The van der Waals surface area contributed by atoms with Crippen molar-refractivity contribution in [3.63, 3.8) is 0 Å². The van der Waals surface area contributed by atoms with Gasteiger partial charge in [-0.2, -0.15) is 0 Å². The number of hydrogen-bond donors (Lipinski definition) is 3. The summed E-state index contributed by atoms with van der Waals surface area (Å²) in [6, 6.07) is -0.225. The van der Waals surface area contributed by atoms with Crippen molar-refractivity contribution >= 4 is 6.03 Å². The van der Waals surface area contributed by atoms with Crippen LogP contribution in [0.1, 0.15) is 51.9 Å². The van der Waals surface area contributed by atoms with E-state index in [1.165, 1.54) is 30.7 Å². The van der Waals surface area contributed by atoms with Gasteiger partial charge in [0.2, 0.25) is 0 Å². The van der Waals surface area contributed by atoms with Gasteiger partial charge in [-0.05, 0) is 25.2 Å². The number of rotatable bonds is 4. The third-order valence-electron chi connectivity index (χ3n) is 3.51. The van der Waals surface area contributed by atoms with E-state index in [0.29, 0.717) is 5.92 Å². The van der Waals surface area contributed by atoms with Gasteiger partial charge in [-0.15, -0.1) is 0 Å². The van der Waals surface area contributed by atoms with Crippen LogP contribution in [0.2, 0.25) is 0 Å². The van der Waals surface area contributed by atoms with E-state index in [1.54, 1.807) is 0 Å². The first kappa shape index (κ1) is 13.3. The molecule has 2 amide bonds. The van der Waals surface area contributed by atoms with Crippen LogP contribution in [0.3, 0.4) is 0 Å². The first-order chi connectivity index (χ1) is 7.70. The molecule has 5 N–H and O–H groups in total. The zero-order chi connectivity index (χ0) is 12.0. The Morgan fingerprint density at radius 2 is 2.12 bits per heavy atom. The molecule has 2 atom stereocenters. The van der Waals surface area contributed by atoms with Crippen molar-refractivity contribution in [2.75, 3.05) is 0 Å². The second-order valence-electron chi connectivity index (χ2n) is 4.61. The number of nitrogens with one attached hydrogen (secondary N) is 1. The number of hydrazine groups is 2. The Morgan fingerprint density at radius 3 is 2.75 bits per heavy atom. The van der Waals surface area contributed by atoms with Crippen LogP contribution in [0.4, 0.5) is 4.79 Å². The molecular weight excluding hydrogens is 204 g/mol. The van der Waals surface area contributed by atoms with Gasteiger partial charge in [-0.3, -0.25) is 10.4 Å². The summed E-state index contributed by atoms with van der Waals surface area (Å²) in [5, 5.41) is 1.29. The quantitative estimate of drug-likeness (QED) is 0.387.